The van der Waals surface area contributed by atoms with Crippen molar-refractivity contribution >= 4 is 5.97 Å². The average molecular weight is 289 g/mol. The molecule has 0 aliphatic heterocycles. The third-order valence-corrected chi connectivity index (χ3v) is 4.83. The van der Waals surface area contributed by atoms with Gasteiger partial charge in [0.05, 0.1) is 6.42 Å². The van der Waals surface area contributed by atoms with E-state index >= 15 is 0 Å². The first-order chi connectivity index (χ1) is 10.1. The fourth-order valence-corrected chi connectivity index (χ4v) is 3.35. The number of benzene rings is 1. The zero-order chi connectivity index (χ0) is 15.2. The van der Waals surface area contributed by atoms with E-state index in [9.17, 15) is 4.79 Å². The lowest BCUT2D eigenvalue weighted by Gasteiger charge is -2.34. The van der Waals surface area contributed by atoms with Crippen LogP contribution in [0.5, 0.6) is 0 Å². The number of carbonyl (C=O) groups is 1. The SMILES string of the molecule is CCC1CCC(N(C)Cc2ccc(CC(=O)O)cc2)CC1. The van der Waals surface area contributed by atoms with Crippen LogP contribution < -0.4 is 0 Å². The fourth-order valence-electron chi connectivity index (χ4n) is 3.35. The molecule has 0 spiro atoms. The molecule has 1 saturated carbocycles. The number of nitrogens with zero attached hydrogens (tertiary/aromatic N) is 1. The van der Waals surface area contributed by atoms with E-state index in [0.717, 1.165) is 18.0 Å². The maximum atomic E-state index is 10.7. The van der Waals surface area contributed by atoms with Gasteiger partial charge in [0.1, 0.15) is 0 Å². The molecule has 1 aliphatic rings. The van der Waals surface area contributed by atoms with E-state index < -0.39 is 5.97 Å². The summed E-state index contributed by atoms with van der Waals surface area (Å²) in [5.41, 5.74) is 2.14. The molecule has 0 saturated heterocycles. The lowest BCUT2D eigenvalue weighted by molar-refractivity contribution is -0.136. The van der Waals surface area contributed by atoms with Crippen molar-refractivity contribution in [3.8, 4) is 0 Å². The molecule has 0 radical (unpaired) electrons. The normalized spacial score (nSPS) is 22.4. The highest BCUT2D eigenvalue weighted by atomic mass is 16.4. The molecule has 1 N–H and O–H groups in total. The molecule has 1 fully saturated rings. The summed E-state index contributed by atoms with van der Waals surface area (Å²) in [6.45, 7) is 3.25. The smallest absolute Gasteiger partial charge is 0.307 e. The van der Waals surface area contributed by atoms with E-state index in [1.807, 2.05) is 12.1 Å². The van der Waals surface area contributed by atoms with Crippen LogP contribution in [0.1, 0.15) is 50.2 Å². The maximum absolute atomic E-state index is 10.7. The zero-order valence-electron chi connectivity index (χ0n) is 13.2. The van der Waals surface area contributed by atoms with Gasteiger partial charge in [0, 0.05) is 12.6 Å². The molecule has 2 rings (SSSR count). The van der Waals surface area contributed by atoms with Gasteiger partial charge in [-0.2, -0.15) is 0 Å². The predicted molar refractivity (Wildman–Crippen MR) is 85.3 cm³/mol. The van der Waals surface area contributed by atoms with Gasteiger partial charge in [0.2, 0.25) is 0 Å². The molecule has 3 nitrogen and oxygen atoms in total. The van der Waals surface area contributed by atoms with Gasteiger partial charge in [-0.1, -0.05) is 37.6 Å². The topological polar surface area (TPSA) is 40.5 Å². The minimum Gasteiger partial charge on any atom is -0.481 e. The Kier molecular flexibility index (Phi) is 5.80. The van der Waals surface area contributed by atoms with E-state index in [0.29, 0.717) is 6.04 Å². The summed E-state index contributed by atoms with van der Waals surface area (Å²) in [6.07, 6.45) is 6.78. The van der Waals surface area contributed by atoms with Crippen molar-refractivity contribution in [1.82, 2.24) is 4.90 Å². The van der Waals surface area contributed by atoms with Crippen molar-refractivity contribution in [3.05, 3.63) is 35.4 Å². The van der Waals surface area contributed by atoms with Gasteiger partial charge in [-0.25, -0.2) is 0 Å². The van der Waals surface area contributed by atoms with Crippen LogP contribution >= 0.6 is 0 Å². The summed E-state index contributed by atoms with van der Waals surface area (Å²) in [4.78, 5) is 13.1. The molecule has 1 aliphatic carbocycles. The number of rotatable bonds is 6. The second kappa shape index (κ2) is 7.60. The lowest BCUT2D eigenvalue weighted by atomic mass is 9.84. The highest BCUT2D eigenvalue weighted by Gasteiger charge is 2.22. The lowest BCUT2D eigenvalue weighted by Crippen LogP contribution is -2.34. The van der Waals surface area contributed by atoms with E-state index in [1.54, 1.807) is 0 Å². The van der Waals surface area contributed by atoms with Crippen LogP contribution in [0.4, 0.5) is 0 Å². The van der Waals surface area contributed by atoms with Crippen molar-refractivity contribution < 1.29 is 9.90 Å². The summed E-state index contributed by atoms with van der Waals surface area (Å²) >= 11 is 0. The fraction of sp³-hybridized carbons (Fsp3) is 0.611. The monoisotopic (exact) mass is 289 g/mol. The molecule has 21 heavy (non-hydrogen) atoms. The molecule has 0 bridgehead atoms. The largest absolute Gasteiger partial charge is 0.481 e. The Labute approximate surface area is 128 Å². The third-order valence-electron chi connectivity index (χ3n) is 4.83. The Hall–Kier alpha value is -1.35. The van der Waals surface area contributed by atoms with Gasteiger partial charge >= 0.3 is 5.97 Å². The number of hydrogen-bond donors (Lipinski definition) is 1. The molecule has 0 unspecified atom stereocenters. The first kappa shape index (κ1) is 16.0. The van der Waals surface area contributed by atoms with Crippen LogP contribution in [0, 0.1) is 5.92 Å². The van der Waals surface area contributed by atoms with Crippen LogP contribution in [0.15, 0.2) is 24.3 Å². The maximum Gasteiger partial charge on any atom is 0.307 e. The van der Waals surface area contributed by atoms with Gasteiger partial charge in [-0.3, -0.25) is 9.69 Å². The van der Waals surface area contributed by atoms with Crippen LogP contribution in [-0.4, -0.2) is 29.1 Å². The molecule has 0 heterocycles. The molecule has 0 atom stereocenters. The van der Waals surface area contributed by atoms with Gasteiger partial charge < -0.3 is 5.11 Å². The summed E-state index contributed by atoms with van der Waals surface area (Å²) < 4.78 is 0. The Balaban J connectivity index is 1.85. The van der Waals surface area contributed by atoms with Crippen molar-refractivity contribution in [3.63, 3.8) is 0 Å². The predicted octanol–water partition coefficient (Wildman–Crippen LogP) is 3.71. The van der Waals surface area contributed by atoms with Gasteiger partial charge in [0.15, 0.2) is 0 Å². The Morgan fingerprint density at radius 1 is 1.14 bits per heavy atom. The first-order valence-electron chi connectivity index (χ1n) is 8.08. The number of aliphatic carboxylic acids is 1. The van der Waals surface area contributed by atoms with Crippen molar-refractivity contribution in [2.24, 2.45) is 5.92 Å². The second-order valence-corrected chi connectivity index (χ2v) is 6.38. The van der Waals surface area contributed by atoms with Crippen LogP contribution in [0.25, 0.3) is 0 Å². The molecule has 116 valence electrons. The van der Waals surface area contributed by atoms with Crippen LogP contribution in [0.3, 0.4) is 0 Å². The number of carboxylic acid groups (broad SMARTS) is 1. The summed E-state index contributed by atoms with van der Waals surface area (Å²) in [6, 6.07) is 8.70. The molecular formula is C18H27NO2. The van der Waals surface area contributed by atoms with E-state index in [4.69, 9.17) is 5.11 Å². The van der Waals surface area contributed by atoms with Crippen molar-refractivity contribution in [1.29, 1.82) is 0 Å². The third kappa shape index (κ3) is 4.85. The van der Waals surface area contributed by atoms with Gasteiger partial charge in [-0.15, -0.1) is 0 Å². The molecule has 1 aromatic rings. The minimum atomic E-state index is -0.771. The number of carboxylic acids is 1. The number of hydrogen-bond acceptors (Lipinski definition) is 2. The average Bonchev–Trinajstić information content (AvgIpc) is 2.49. The Morgan fingerprint density at radius 2 is 1.71 bits per heavy atom. The van der Waals surface area contributed by atoms with E-state index in [-0.39, 0.29) is 6.42 Å². The van der Waals surface area contributed by atoms with Gasteiger partial charge in [-0.05, 0) is 49.8 Å². The van der Waals surface area contributed by atoms with E-state index in [2.05, 4.69) is 31.0 Å². The first-order valence-corrected chi connectivity index (χ1v) is 8.08. The minimum absolute atomic E-state index is 0.108. The van der Waals surface area contributed by atoms with Crippen molar-refractivity contribution in [2.45, 2.75) is 58.0 Å². The summed E-state index contributed by atoms with van der Waals surface area (Å²) in [5.74, 6) is 0.164. The Bertz CT molecular complexity index is 447. The highest BCUT2D eigenvalue weighted by Crippen LogP contribution is 2.29. The summed E-state index contributed by atoms with van der Waals surface area (Å²) in [7, 11) is 2.21. The zero-order valence-corrected chi connectivity index (χ0v) is 13.2. The quantitative estimate of drug-likeness (QED) is 0.868. The van der Waals surface area contributed by atoms with Crippen LogP contribution in [-0.2, 0) is 17.8 Å². The summed E-state index contributed by atoms with van der Waals surface area (Å²) in [5, 5.41) is 8.79. The molecule has 3 heteroatoms. The molecule has 0 amide bonds. The molecule has 0 aromatic heterocycles. The van der Waals surface area contributed by atoms with Crippen LogP contribution in [0.2, 0.25) is 0 Å². The van der Waals surface area contributed by atoms with E-state index in [1.165, 1.54) is 37.7 Å². The highest BCUT2D eigenvalue weighted by molar-refractivity contribution is 5.70. The second-order valence-electron chi connectivity index (χ2n) is 6.38. The van der Waals surface area contributed by atoms with Gasteiger partial charge in [0.25, 0.3) is 0 Å². The standard InChI is InChI=1S/C18H27NO2/c1-3-14-8-10-17(11-9-14)19(2)13-16-6-4-15(5-7-16)12-18(20)21/h4-7,14,17H,3,8-13H2,1-2H3,(H,20,21). The molecule has 1 aromatic carbocycles. The van der Waals surface area contributed by atoms with Crippen molar-refractivity contribution in [2.75, 3.05) is 7.05 Å². The molecular weight excluding hydrogens is 262 g/mol. The Morgan fingerprint density at radius 3 is 2.24 bits per heavy atom.